The lowest BCUT2D eigenvalue weighted by Crippen LogP contribution is -2.51. The van der Waals surface area contributed by atoms with Crippen LogP contribution in [0, 0.1) is 0 Å². The zero-order chi connectivity index (χ0) is 14.7. The Kier molecular flexibility index (Phi) is 4.82. The zero-order valence-electron chi connectivity index (χ0n) is 11.9. The molecule has 20 heavy (non-hydrogen) atoms. The smallest absolute Gasteiger partial charge is 0.326 e. The second-order valence-electron chi connectivity index (χ2n) is 5.34. The van der Waals surface area contributed by atoms with E-state index in [1.54, 1.807) is 19.1 Å². The molecule has 2 atom stereocenters. The van der Waals surface area contributed by atoms with Crippen molar-refractivity contribution in [3.05, 3.63) is 0 Å². The van der Waals surface area contributed by atoms with Gasteiger partial charge in [0.2, 0.25) is 0 Å². The van der Waals surface area contributed by atoms with Gasteiger partial charge in [-0.05, 0) is 12.8 Å². The Morgan fingerprint density at radius 3 is 2.55 bits per heavy atom. The second kappa shape index (κ2) is 6.41. The quantitative estimate of drug-likeness (QED) is 0.812. The lowest BCUT2D eigenvalue weighted by Gasteiger charge is -2.35. The highest BCUT2D eigenvalue weighted by molar-refractivity contribution is 5.83. The van der Waals surface area contributed by atoms with Crippen molar-refractivity contribution in [1.29, 1.82) is 0 Å². The molecule has 114 valence electrons. The Labute approximate surface area is 118 Å². The lowest BCUT2D eigenvalue weighted by atomic mass is 10.1. The molecule has 2 fully saturated rings. The van der Waals surface area contributed by atoms with Crippen LogP contribution >= 0.6 is 0 Å². The molecule has 7 nitrogen and oxygen atoms in total. The summed E-state index contributed by atoms with van der Waals surface area (Å²) in [5, 5.41) is 9.25. The molecule has 2 heterocycles. The van der Waals surface area contributed by atoms with Crippen molar-refractivity contribution in [2.24, 2.45) is 0 Å². The summed E-state index contributed by atoms with van der Waals surface area (Å²) in [6.45, 7) is 1.62. The van der Waals surface area contributed by atoms with Crippen molar-refractivity contribution >= 4 is 12.0 Å². The highest BCUT2D eigenvalue weighted by atomic mass is 16.5. The summed E-state index contributed by atoms with van der Waals surface area (Å²) in [4.78, 5) is 26.9. The zero-order valence-corrected chi connectivity index (χ0v) is 11.9. The molecule has 2 unspecified atom stereocenters. The van der Waals surface area contributed by atoms with Gasteiger partial charge in [-0.3, -0.25) is 0 Å². The number of methoxy groups -OCH3 is 1. The van der Waals surface area contributed by atoms with E-state index in [4.69, 9.17) is 9.47 Å². The molecular weight excluding hydrogens is 264 g/mol. The van der Waals surface area contributed by atoms with E-state index in [0.717, 1.165) is 12.8 Å². The SMILES string of the molecule is COC1CC(C(=O)O)N(C(=O)N(C)C2CCOCC2)C1. The fourth-order valence-corrected chi connectivity index (χ4v) is 2.84. The molecule has 0 aromatic heterocycles. The van der Waals surface area contributed by atoms with E-state index >= 15 is 0 Å². The average Bonchev–Trinajstić information content (AvgIpc) is 2.91. The number of carbonyl (C=O) groups excluding carboxylic acids is 1. The maximum atomic E-state index is 12.5. The molecule has 2 rings (SSSR count). The minimum atomic E-state index is -0.974. The molecule has 7 heteroatoms. The number of hydrogen-bond donors (Lipinski definition) is 1. The molecule has 0 aromatic carbocycles. The monoisotopic (exact) mass is 286 g/mol. The molecule has 0 radical (unpaired) electrons. The third-order valence-corrected chi connectivity index (χ3v) is 4.17. The summed E-state index contributed by atoms with van der Waals surface area (Å²) < 4.78 is 10.5. The summed E-state index contributed by atoms with van der Waals surface area (Å²) in [5.74, 6) is -0.974. The van der Waals surface area contributed by atoms with Crippen LogP contribution in [0.15, 0.2) is 0 Å². The topological polar surface area (TPSA) is 79.3 Å². The van der Waals surface area contributed by atoms with Gasteiger partial charge in [-0.25, -0.2) is 9.59 Å². The standard InChI is InChI=1S/C13H22N2O5/c1-14(9-3-5-20-6-4-9)13(18)15-8-10(19-2)7-11(15)12(16)17/h9-11H,3-8H2,1-2H3,(H,16,17). The molecule has 0 bridgehead atoms. The molecule has 0 aliphatic carbocycles. The van der Waals surface area contributed by atoms with Crippen LogP contribution in [0.3, 0.4) is 0 Å². The number of carboxylic acid groups (broad SMARTS) is 1. The van der Waals surface area contributed by atoms with Gasteiger partial charge in [0.1, 0.15) is 6.04 Å². The Morgan fingerprint density at radius 2 is 2.00 bits per heavy atom. The van der Waals surface area contributed by atoms with E-state index in [0.29, 0.717) is 26.2 Å². The van der Waals surface area contributed by atoms with Crippen LogP contribution < -0.4 is 0 Å². The highest BCUT2D eigenvalue weighted by Gasteiger charge is 2.41. The lowest BCUT2D eigenvalue weighted by molar-refractivity contribution is -0.141. The third kappa shape index (κ3) is 3.04. The Morgan fingerprint density at radius 1 is 1.35 bits per heavy atom. The minimum Gasteiger partial charge on any atom is -0.480 e. The van der Waals surface area contributed by atoms with Crippen LogP contribution in [0.2, 0.25) is 0 Å². The van der Waals surface area contributed by atoms with E-state index in [-0.39, 0.29) is 18.2 Å². The molecule has 2 amide bonds. The maximum absolute atomic E-state index is 12.5. The first kappa shape index (κ1) is 15.1. The van der Waals surface area contributed by atoms with Gasteiger partial charge in [0.25, 0.3) is 0 Å². The molecule has 0 saturated carbocycles. The summed E-state index contributed by atoms with van der Waals surface area (Å²) >= 11 is 0. The van der Waals surface area contributed by atoms with Crippen LogP contribution in [0.4, 0.5) is 4.79 Å². The molecule has 0 aromatic rings. The van der Waals surface area contributed by atoms with Crippen molar-refractivity contribution in [3.63, 3.8) is 0 Å². The largest absolute Gasteiger partial charge is 0.480 e. The highest BCUT2D eigenvalue weighted by Crippen LogP contribution is 2.23. The average molecular weight is 286 g/mol. The van der Waals surface area contributed by atoms with Gasteiger partial charge in [-0.15, -0.1) is 0 Å². The number of amides is 2. The molecule has 1 N–H and O–H groups in total. The van der Waals surface area contributed by atoms with Gasteiger partial charge >= 0.3 is 12.0 Å². The number of likely N-dealkylation sites (tertiary alicyclic amines) is 1. The Hall–Kier alpha value is -1.34. The van der Waals surface area contributed by atoms with E-state index in [2.05, 4.69) is 0 Å². The van der Waals surface area contributed by atoms with Gasteiger partial charge in [-0.2, -0.15) is 0 Å². The third-order valence-electron chi connectivity index (χ3n) is 4.17. The molecule has 0 spiro atoms. The van der Waals surface area contributed by atoms with Crippen LogP contribution in [0.5, 0.6) is 0 Å². The first-order chi connectivity index (χ1) is 9.54. The summed E-state index contributed by atoms with van der Waals surface area (Å²) in [5.41, 5.74) is 0. The van der Waals surface area contributed by atoms with Crippen LogP contribution in [0.25, 0.3) is 0 Å². The van der Waals surface area contributed by atoms with Crippen molar-refractivity contribution in [2.45, 2.75) is 37.5 Å². The number of nitrogens with zero attached hydrogens (tertiary/aromatic N) is 2. The number of hydrogen-bond acceptors (Lipinski definition) is 4. The van der Waals surface area contributed by atoms with Crippen LogP contribution in [0.1, 0.15) is 19.3 Å². The van der Waals surface area contributed by atoms with Crippen molar-refractivity contribution in [2.75, 3.05) is 33.9 Å². The van der Waals surface area contributed by atoms with Crippen molar-refractivity contribution in [3.8, 4) is 0 Å². The van der Waals surface area contributed by atoms with E-state index in [1.165, 1.54) is 4.90 Å². The number of carboxylic acids is 1. The van der Waals surface area contributed by atoms with Gasteiger partial charge in [0.15, 0.2) is 0 Å². The predicted octanol–water partition coefficient (Wildman–Crippen LogP) is 0.391. The predicted molar refractivity (Wildman–Crippen MR) is 70.5 cm³/mol. The number of ether oxygens (including phenoxy) is 2. The van der Waals surface area contributed by atoms with Crippen LogP contribution in [-0.2, 0) is 14.3 Å². The molecule has 2 aliphatic rings. The fraction of sp³-hybridized carbons (Fsp3) is 0.846. The summed E-state index contributed by atoms with van der Waals surface area (Å²) in [6, 6.07) is -0.911. The second-order valence-corrected chi connectivity index (χ2v) is 5.34. The molecule has 2 saturated heterocycles. The normalized spacial score (nSPS) is 27.6. The number of rotatable bonds is 3. The number of carbonyl (C=O) groups is 2. The van der Waals surface area contributed by atoms with Crippen molar-refractivity contribution in [1.82, 2.24) is 9.80 Å². The van der Waals surface area contributed by atoms with E-state index in [9.17, 15) is 14.7 Å². The van der Waals surface area contributed by atoms with Crippen LogP contribution in [-0.4, -0.2) is 79.0 Å². The first-order valence-corrected chi connectivity index (χ1v) is 6.91. The van der Waals surface area contributed by atoms with E-state index < -0.39 is 12.0 Å². The molecule has 2 aliphatic heterocycles. The number of urea groups is 1. The number of aliphatic carboxylic acids is 1. The van der Waals surface area contributed by atoms with Crippen molar-refractivity contribution < 1.29 is 24.2 Å². The summed E-state index contributed by atoms with van der Waals surface area (Å²) in [7, 11) is 3.27. The Bertz CT molecular complexity index is 370. The fourth-order valence-electron chi connectivity index (χ4n) is 2.84. The minimum absolute atomic E-state index is 0.118. The van der Waals surface area contributed by atoms with Gasteiger partial charge in [0.05, 0.1) is 6.10 Å². The summed E-state index contributed by atoms with van der Waals surface area (Å²) in [6.07, 6.45) is 1.73. The molecular formula is C13H22N2O5. The first-order valence-electron chi connectivity index (χ1n) is 6.91. The maximum Gasteiger partial charge on any atom is 0.326 e. The van der Waals surface area contributed by atoms with Gasteiger partial charge < -0.3 is 24.4 Å². The van der Waals surface area contributed by atoms with E-state index in [1.807, 2.05) is 0 Å². The van der Waals surface area contributed by atoms with Gasteiger partial charge in [-0.1, -0.05) is 0 Å². The Balaban J connectivity index is 2.03. The van der Waals surface area contributed by atoms with Gasteiger partial charge in [0, 0.05) is 46.4 Å².